The summed E-state index contributed by atoms with van der Waals surface area (Å²) >= 11 is 0. The first-order valence-corrected chi connectivity index (χ1v) is 24.8. The zero-order chi connectivity index (χ0) is 47.8. The maximum atomic E-state index is 7.19. The second-order valence-electron chi connectivity index (χ2n) is 21.7. The Bertz CT molecular complexity index is 3960. The Morgan fingerprint density at radius 3 is 1.59 bits per heavy atom. The van der Waals surface area contributed by atoms with Crippen LogP contribution in [0.3, 0.4) is 0 Å². The number of hydrogen-bond acceptors (Lipinski definition) is 2. The van der Waals surface area contributed by atoms with Gasteiger partial charge in [0, 0.05) is 33.4 Å². The van der Waals surface area contributed by atoms with Crippen molar-refractivity contribution >= 4 is 83.7 Å². The first-order valence-electron chi connectivity index (χ1n) is 24.8. The average molecular weight is 900 g/mol. The van der Waals surface area contributed by atoms with Crippen molar-refractivity contribution in [1.82, 2.24) is 0 Å². The summed E-state index contributed by atoms with van der Waals surface area (Å²) in [7, 11) is 0. The van der Waals surface area contributed by atoms with Gasteiger partial charge in [-0.3, -0.25) is 0 Å². The highest BCUT2D eigenvalue weighted by molar-refractivity contribution is 7.03. The number of furan rings is 1. The Kier molecular flexibility index (Phi) is 9.24. The van der Waals surface area contributed by atoms with E-state index in [1.54, 1.807) is 0 Å². The molecule has 0 saturated heterocycles. The number of hydrogen-bond donors (Lipinski definition) is 0. The molecule has 0 atom stereocenters. The van der Waals surface area contributed by atoms with Gasteiger partial charge in [-0.1, -0.05) is 205 Å². The minimum atomic E-state index is -0.254. The van der Waals surface area contributed by atoms with Crippen LogP contribution in [0, 0.1) is 6.92 Å². The zero-order valence-electron chi connectivity index (χ0n) is 41.0. The van der Waals surface area contributed by atoms with Crippen LogP contribution in [0.5, 0.6) is 0 Å². The molecule has 1 aromatic heterocycles. The molecule has 3 heteroatoms. The van der Waals surface area contributed by atoms with Crippen LogP contribution >= 0.6 is 0 Å². The monoisotopic (exact) mass is 899 g/mol. The van der Waals surface area contributed by atoms with Crippen LogP contribution in [-0.4, -0.2) is 6.71 Å². The maximum absolute atomic E-state index is 7.19. The minimum Gasteiger partial charge on any atom is -0.455 e. The molecule has 3 heterocycles. The molecule has 0 spiro atoms. The van der Waals surface area contributed by atoms with Gasteiger partial charge in [-0.05, 0) is 142 Å². The lowest BCUT2D eigenvalue weighted by Gasteiger charge is -2.40. The highest BCUT2D eigenvalue weighted by Gasteiger charge is 2.43. The SMILES string of the molecule is C=C1B2c3cc4c(-c5ccccc5)c5ccccc5c(-c5ccccc5)c4cc3N(c3cc(C(C)(C)C)cc(C(C)(C)C)c3)c3cc4c(oc5ccccc54)c(c32)-c2cccc(c2C)-c2ccccc21. The fraction of sp³-hybridized carbons (Fsp3) is 0.134. The van der Waals surface area contributed by atoms with Crippen molar-refractivity contribution in [1.29, 1.82) is 0 Å². The molecule has 0 fully saturated rings. The van der Waals surface area contributed by atoms with Gasteiger partial charge < -0.3 is 9.32 Å². The van der Waals surface area contributed by atoms with E-state index in [1.807, 2.05) is 0 Å². The molecule has 11 aromatic rings. The topological polar surface area (TPSA) is 16.4 Å². The van der Waals surface area contributed by atoms with Gasteiger partial charge in [-0.15, -0.1) is 6.58 Å². The quantitative estimate of drug-likeness (QED) is 0.130. The van der Waals surface area contributed by atoms with Crippen molar-refractivity contribution in [3.8, 4) is 44.5 Å². The first kappa shape index (κ1) is 42.2. The van der Waals surface area contributed by atoms with Crippen LogP contribution in [-0.2, 0) is 10.8 Å². The van der Waals surface area contributed by atoms with Gasteiger partial charge in [-0.25, -0.2) is 0 Å². The lowest BCUT2D eigenvalue weighted by molar-refractivity contribution is 0.569. The molecule has 2 nitrogen and oxygen atoms in total. The van der Waals surface area contributed by atoms with E-state index < -0.39 is 0 Å². The first-order chi connectivity index (χ1) is 33.8. The molecule has 70 heavy (non-hydrogen) atoms. The Hall–Kier alpha value is -7.88. The van der Waals surface area contributed by atoms with Crippen LogP contribution in [0.25, 0.3) is 93.5 Å². The van der Waals surface area contributed by atoms with Gasteiger partial charge in [-0.2, -0.15) is 0 Å². The van der Waals surface area contributed by atoms with Gasteiger partial charge in [0.25, 0.3) is 0 Å². The second kappa shape index (κ2) is 15.3. The predicted molar refractivity (Wildman–Crippen MR) is 301 cm³/mol. The van der Waals surface area contributed by atoms with Crippen molar-refractivity contribution in [3.05, 3.63) is 217 Å². The van der Waals surface area contributed by atoms with E-state index >= 15 is 0 Å². The fourth-order valence-electron chi connectivity index (χ4n) is 12.0. The van der Waals surface area contributed by atoms with E-state index in [4.69, 9.17) is 11.0 Å². The number of nitrogens with zero attached hydrogens (tertiary/aromatic N) is 1. The van der Waals surface area contributed by atoms with E-state index in [2.05, 4.69) is 241 Å². The summed E-state index contributed by atoms with van der Waals surface area (Å²) in [5.41, 5.74) is 23.1. The van der Waals surface area contributed by atoms with Gasteiger partial charge in [0.1, 0.15) is 11.2 Å². The molecule has 10 aromatic carbocycles. The van der Waals surface area contributed by atoms with Crippen LogP contribution in [0.15, 0.2) is 199 Å². The molecule has 13 rings (SSSR count). The molecular weight excluding hydrogens is 846 g/mol. The molecule has 0 unspecified atom stereocenters. The van der Waals surface area contributed by atoms with Gasteiger partial charge in [0.05, 0.1) is 0 Å². The standard InChI is InChI=1S/C67H54BNO/c1-40-47-31-21-32-48(40)63-64-59(39-56-51-28-19-20-33-60(51)70-65(56)63)69(46-35-44(66(3,4)5)34-45(36-46)67(6,7)8)58-38-55-54(37-57(58)68(64)41(2)49-26-15-16-27-50(47)49)61(42-22-11-9-12-23-42)52-29-17-18-30-53(52)62(55)43-24-13-10-14-25-43/h9-39H,2H2,1,3-8H3. The van der Waals surface area contributed by atoms with Crippen LogP contribution in [0.4, 0.5) is 17.1 Å². The normalized spacial score (nSPS) is 13.3. The summed E-state index contributed by atoms with van der Waals surface area (Å²) in [6.45, 7) is 21.3. The number of benzene rings is 10. The molecule has 0 radical (unpaired) electrons. The van der Waals surface area contributed by atoms with E-state index in [9.17, 15) is 0 Å². The van der Waals surface area contributed by atoms with Crippen molar-refractivity contribution in [2.24, 2.45) is 0 Å². The number of rotatable bonds is 3. The van der Waals surface area contributed by atoms with Crippen molar-refractivity contribution in [3.63, 3.8) is 0 Å². The smallest absolute Gasteiger partial charge is 0.247 e. The zero-order valence-corrected chi connectivity index (χ0v) is 41.0. The number of anilines is 3. The summed E-state index contributed by atoms with van der Waals surface area (Å²) in [6.07, 6.45) is 0. The second-order valence-corrected chi connectivity index (χ2v) is 21.7. The minimum absolute atomic E-state index is 0.114. The Morgan fingerprint density at radius 2 is 0.957 bits per heavy atom. The highest BCUT2D eigenvalue weighted by Crippen LogP contribution is 2.52. The summed E-state index contributed by atoms with van der Waals surface area (Å²) in [5, 5.41) is 7.11. The molecule has 0 N–H and O–H groups in total. The van der Waals surface area contributed by atoms with E-state index in [-0.39, 0.29) is 17.5 Å². The summed E-state index contributed by atoms with van der Waals surface area (Å²) in [4.78, 5) is 2.62. The third kappa shape index (κ3) is 6.27. The predicted octanol–water partition coefficient (Wildman–Crippen LogP) is 17.4. The Morgan fingerprint density at radius 1 is 0.443 bits per heavy atom. The Balaban J connectivity index is 1.29. The van der Waals surface area contributed by atoms with Crippen LogP contribution < -0.4 is 15.8 Å². The van der Waals surface area contributed by atoms with Gasteiger partial charge >= 0.3 is 0 Å². The largest absolute Gasteiger partial charge is 0.455 e. The van der Waals surface area contributed by atoms with Crippen molar-refractivity contribution in [2.45, 2.75) is 59.3 Å². The summed E-state index contributed by atoms with van der Waals surface area (Å²) in [5.74, 6) is 0. The summed E-state index contributed by atoms with van der Waals surface area (Å²) < 4.78 is 7.19. The number of fused-ring (bicyclic) bond motifs is 13. The number of para-hydroxylation sites is 1. The van der Waals surface area contributed by atoms with Crippen molar-refractivity contribution < 1.29 is 4.42 Å². The third-order valence-electron chi connectivity index (χ3n) is 15.5. The molecule has 2 aliphatic heterocycles. The third-order valence-corrected chi connectivity index (χ3v) is 15.5. The average Bonchev–Trinajstić information content (AvgIpc) is 3.74. The van der Waals surface area contributed by atoms with Crippen LogP contribution in [0.2, 0.25) is 0 Å². The Labute approximate surface area is 411 Å². The molecule has 2 bridgehead atoms. The maximum Gasteiger partial charge on any atom is 0.247 e. The molecule has 0 amide bonds. The van der Waals surface area contributed by atoms with Crippen molar-refractivity contribution in [2.75, 3.05) is 4.90 Å². The highest BCUT2D eigenvalue weighted by atomic mass is 16.3. The molecule has 0 aliphatic carbocycles. The summed E-state index contributed by atoms with van der Waals surface area (Å²) in [6, 6.07) is 70.3. The lowest BCUT2D eigenvalue weighted by atomic mass is 9.33. The molecule has 2 aliphatic rings. The molecule has 336 valence electrons. The molecular formula is C67H54BNO. The van der Waals surface area contributed by atoms with Gasteiger partial charge in [0.2, 0.25) is 6.71 Å². The van der Waals surface area contributed by atoms with Gasteiger partial charge in [0.15, 0.2) is 0 Å². The van der Waals surface area contributed by atoms with E-state index in [0.29, 0.717) is 0 Å². The van der Waals surface area contributed by atoms with Crippen LogP contribution in [0.1, 0.15) is 63.8 Å². The lowest BCUT2D eigenvalue weighted by Crippen LogP contribution is -2.51. The molecule has 0 saturated carbocycles. The van der Waals surface area contributed by atoms with E-state index in [0.717, 1.165) is 55.6 Å². The fourth-order valence-corrected chi connectivity index (χ4v) is 12.0. The van der Waals surface area contributed by atoms with E-state index in [1.165, 1.54) is 88.1 Å².